The number of hydrogen-bond acceptors (Lipinski definition) is 4. The quantitative estimate of drug-likeness (QED) is 0.575. The van der Waals surface area contributed by atoms with Gasteiger partial charge in [0.25, 0.3) is 5.91 Å². The first-order chi connectivity index (χ1) is 12.0. The van der Waals surface area contributed by atoms with Crippen LogP contribution in [-0.2, 0) is 9.53 Å². The van der Waals surface area contributed by atoms with E-state index >= 15 is 0 Å². The van der Waals surface area contributed by atoms with Gasteiger partial charge in [0, 0.05) is 18.7 Å². The van der Waals surface area contributed by atoms with E-state index in [2.05, 4.69) is 18.7 Å². The van der Waals surface area contributed by atoms with Crippen LogP contribution in [0.25, 0.3) is 0 Å². The van der Waals surface area contributed by atoms with Crippen molar-refractivity contribution in [2.75, 3.05) is 39.3 Å². The smallest absolute Gasteiger partial charge is 0.307 e. The highest BCUT2D eigenvalue weighted by atomic mass is 19.1. The van der Waals surface area contributed by atoms with Gasteiger partial charge in [-0.3, -0.25) is 9.59 Å². The molecule has 1 aromatic carbocycles. The van der Waals surface area contributed by atoms with Gasteiger partial charge in [-0.2, -0.15) is 0 Å². The Morgan fingerprint density at radius 3 is 2.20 bits per heavy atom. The summed E-state index contributed by atoms with van der Waals surface area (Å²) >= 11 is 0. The molecule has 0 fully saturated rings. The van der Waals surface area contributed by atoms with Gasteiger partial charge in [-0.1, -0.05) is 13.8 Å². The van der Waals surface area contributed by atoms with E-state index in [9.17, 15) is 14.0 Å². The Bertz CT molecular complexity index is 530. The largest absolute Gasteiger partial charge is 0.466 e. The van der Waals surface area contributed by atoms with Crippen LogP contribution in [0.3, 0.4) is 0 Å². The number of carbonyl (C=O) groups excluding carboxylic acids is 2. The molecule has 0 aliphatic rings. The van der Waals surface area contributed by atoms with Gasteiger partial charge in [0.05, 0.1) is 13.0 Å². The standard InChI is InChI=1S/C19H29FN2O3/c1-4-21(5-2)13-7-14-22(15-12-18(23)25-6-3)19(24)16-8-10-17(20)11-9-16/h8-11H,4-7,12-15H2,1-3H3. The summed E-state index contributed by atoms with van der Waals surface area (Å²) < 4.78 is 18.0. The van der Waals surface area contributed by atoms with Crippen molar-refractivity contribution in [1.82, 2.24) is 9.80 Å². The monoisotopic (exact) mass is 352 g/mol. The average Bonchev–Trinajstić information content (AvgIpc) is 2.61. The summed E-state index contributed by atoms with van der Waals surface area (Å²) in [5.41, 5.74) is 0.424. The van der Waals surface area contributed by atoms with Crippen LogP contribution >= 0.6 is 0 Å². The van der Waals surface area contributed by atoms with Gasteiger partial charge in [-0.05, 0) is 57.2 Å². The van der Waals surface area contributed by atoms with Crippen LogP contribution in [0, 0.1) is 5.82 Å². The Hall–Kier alpha value is -1.95. The first-order valence-corrected chi connectivity index (χ1v) is 8.94. The van der Waals surface area contributed by atoms with Crippen molar-refractivity contribution in [1.29, 1.82) is 0 Å². The van der Waals surface area contributed by atoms with Crippen LogP contribution in [0.5, 0.6) is 0 Å². The van der Waals surface area contributed by atoms with Crippen LogP contribution in [0.4, 0.5) is 4.39 Å². The van der Waals surface area contributed by atoms with Gasteiger partial charge in [-0.15, -0.1) is 0 Å². The minimum atomic E-state index is -0.379. The Balaban J connectivity index is 2.70. The van der Waals surface area contributed by atoms with Crippen LogP contribution in [0.2, 0.25) is 0 Å². The lowest BCUT2D eigenvalue weighted by Crippen LogP contribution is -2.36. The lowest BCUT2D eigenvalue weighted by Gasteiger charge is -2.24. The summed E-state index contributed by atoms with van der Waals surface area (Å²) in [4.78, 5) is 28.2. The Morgan fingerprint density at radius 1 is 1.00 bits per heavy atom. The van der Waals surface area contributed by atoms with Crippen LogP contribution in [0.15, 0.2) is 24.3 Å². The first-order valence-electron chi connectivity index (χ1n) is 8.94. The Labute approximate surface area is 149 Å². The highest BCUT2D eigenvalue weighted by Gasteiger charge is 2.17. The van der Waals surface area contributed by atoms with Crippen molar-refractivity contribution >= 4 is 11.9 Å². The van der Waals surface area contributed by atoms with E-state index < -0.39 is 0 Å². The lowest BCUT2D eigenvalue weighted by molar-refractivity contribution is -0.143. The lowest BCUT2D eigenvalue weighted by atomic mass is 10.2. The number of halogens is 1. The number of ether oxygens (including phenoxy) is 1. The molecule has 0 saturated carbocycles. The molecule has 25 heavy (non-hydrogen) atoms. The molecule has 0 heterocycles. The zero-order valence-corrected chi connectivity index (χ0v) is 15.5. The second-order valence-corrected chi connectivity index (χ2v) is 5.73. The fraction of sp³-hybridized carbons (Fsp3) is 0.579. The molecule has 6 heteroatoms. The molecule has 0 aliphatic heterocycles. The highest BCUT2D eigenvalue weighted by molar-refractivity contribution is 5.94. The summed E-state index contributed by atoms with van der Waals surface area (Å²) in [6.45, 7) is 9.95. The maximum Gasteiger partial charge on any atom is 0.307 e. The van der Waals surface area contributed by atoms with Crippen molar-refractivity contribution in [3.8, 4) is 0 Å². The minimum Gasteiger partial charge on any atom is -0.466 e. The maximum absolute atomic E-state index is 13.1. The fourth-order valence-corrected chi connectivity index (χ4v) is 2.57. The number of carbonyl (C=O) groups is 2. The molecular weight excluding hydrogens is 323 g/mol. The number of rotatable bonds is 11. The molecule has 0 aliphatic carbocycles. The molecule has 0 bridgehead atoms. The number of benzene rings is 1. The normalized spacial score (nSPS) is 10.8. The third kappa shape index (κ3) is 7.65. The van der Waals surface area contributed by atoms with E-state index in [1.165, 1.54) is 24.3 Å². The maximum atomic E-state index is 13.1. The van der Waals surface area contributed by atoms with Crippen LogP contribution < -0.4 is 0 Å². The van der Waals surface area contributed by atoms with Gasteiger partial charge in [0.15, 0.2) is 0 Å². The van der Waals surface area contributed by atoms with Gasteiger partial charge in [-0.25, -0.2) is 4.39 Å². The summed E-state index contributed by atoms with van der Waals surface area (Å²) in [5.74, 6) is -0.886. The van der Waals surface area contributed by atoms with E-state index in [-0.39, 0.29) is 24.1 Å². The molecule has 5 nitrogen and oxygen atoms in total. The van der Waals surface area contributed by atoms with E-state index in [0.29, 0.717) is 25.3 Å². The molecule has 1 aromatic rings. The van der Waals surface area contributed by atoms with Crippen molar-refractivity contribution in [3.63, 3.8) is 0 Å². The molecule has 1 rings (SSSR count). The van der Waals surface area contributed by atoms with Crippen LogP contribution in [-0.4, -0.2) is 61.0 Å². The topological polar surface area (TPSA) is 49.9 Å². The Kier molecular flexibility index (Phi) is 9.77. The van der Waals surface area contributed by atoms with Crippen LogP contribution in [0.1, 0.15) is 44.0 Å². The van der Waals surface area contributed by atoms with E-state index in [1.54, 1.807) is 11.8 Å². The zero-order chi connectivity index (χ0) is 18.7. The third-order valence-corrected chi connectivity index (χ3v) is 4.07. The molecule has 0 saturated heterocycles. The van der Waals surface area contributed by atoms with Gasteiger partial charge >= 0.3 is 5.97 Å². The van der Waals surface area contributed by atoms with Crippen molar-refractivity contribution in [2.24, 2.45) is 0 Å². The fourth-order valence-electron chi connectivity index (χ4n) is 2.57. The van der Waals surface area contributed by atoms with Gasteiger partial charge < -0.3 is 14.5 Å². The predicted molar refractivity (Wildman–Crippen MR) is 96.0 cm³/mol. The van der Waals surface area contributed by atoms with E-state index in [4.69, 9.17) is 4.74 Å². The third-order valence-electron chi connectivity index (χ3n) is 4.07. The number of esters is 1. The van der Waals surface area contributed by atoms with Crippen molar-refractivity contribution < 1.29 is 18.7 Å². The number of amides is 1. The molecule has 0 aromatic heterocycles. The highest BCUT2D eigenvalue weighted by Crippen LogP contribution is 2.09. The van der Waals surface area contributed by atoms with Crippen molar-refractivity contribution in [3.05, 3.63) is 35.6 Å². The summed E-state index contributed by atoms with van der Waals surface area (Å²) in [6, 6.07) is 5.48. The minimum absolute atomic E-state index is 0.159. The van der Waals surface area contributed by atoms with E-state index in [1.807, 2.05) is 0 Å². The first kappa shape index (κ1) is 21.1. The molecular formula is C19H29FN2O3. The van der Waals surface area contributed by atoms with E-state index in [0.717, 1.165) is 26.1 Å². The summed E-state index contributed by atoms with van der Waals surface area (Å²) in [7, 11) is 0. The number of hydrogen-bond donors (Lipinski definition) is 0. The average molecular weight is 352 g/mol. The molecule has 0 atom stereocenters. The molecule has 140 valence electrons. The SMILES string of the molecule is CCOC(=O)CCN(CCCN(CC)CC)C(=O)c1ccc(F)cc1. The molecule has 0 radical (unpaired) electrons. The number of nitrogens with zero attached hydrogens (tertiary/aromatic N) is 2. The molecule has 0 N–H and O–H groups in total. The summed E-state index contributed by atoms with van der Waals surface area (Å²) in [6.07, 6.45) is 0.976. The van der Waals surface area contributed by atoms with Gasteiger partial charge in [0.2, 0.25) is 0 Å². The van der Waals surface area contributed by atoms with Gasteiger partial charge in [0.1, 0.15) is 5.82 Å². The Morgan fingerprint density at radius 2 is 1.64 bits per heavy atom. The zero-order valence-electron chi connectivity index (χ0n) is 15.5. The van der Waals surface area contributed by atoms with Crippen molar-refractivity contribution in [2.45, 2.75) is 33.6 Å². The predicted octanol–water partition coefficient (Wildman–Crippen LogP) is 2.95. The molecule has 0 unspecified atom stereocenters. The second-order valence-electron chi connectivity index (χ2n) is 5.73. The summed E-state index contributed by atoms with van der Waals surface area (Å²) in [5, 5.41) is 0. The molecule has 0 spiro atoms. The second kappa shape index (κ2) is 11.6. The molecule has 1 amide bonds.